The number of rotatable bonds is 6. The summed E-state index contributed by atoms with van der Waals surface area (Å²) in [6, 6.07) is 5.57. The van der Waals surface area contributed by atoms with Crippen LogP contribution in [0.25, 0.3) is 10.2 Å². The van der Waals surface area contributed by atoms with E-state index < -0.39 is 0 Å². The number of anilines is 1. The summed E-state index contributed by atoms with van der Waals surface area (Å²) < 4.78 is 7.04. The predicted octanol–water partition coefficient (Wildman–Crippen LogP) is 5.41. The monoisotopic (exact) mass is 452 g/mol. The van der Waals surface area contributed by atoms with Crippen LogP contribution < -0.4 is 5.32 Å². The maximum atomic E-state index is 12.5. The molecule has 0 saturated heterocycles. The molecule has 0 unspecified atom stereocenters. The molecule has 2 heterocycles. The molecule has 1 N–H and O–H groups in total. The number of esters is 1. The van der Waals surface area contributed by atoms with Gasteiger partial charge in [-0.2, -0.15) is 0 Å². The van der Waals surface area contributed by atoms with Crippen LogP contribution in [0.3, 0.4) is 0 Å². The first-order chi connectivity index (χ1) is 13.5. The lowest BCUT2D eigenvalue weighted by Gasteiger charge is -2.07. The summed E-state index contributed by atoms with van der Waals surface area (Å²) in [6.07, 6.45) is 2.85. The van der Waals surface area contributed by atoms with Gasteiger partial charge in [0.05, 0.1) is 28.1 Å². The van der Waals surface area contributed by atoms with Gasteiger partial charge < -0.3 is 10.1 Å². The number of ether oxygens (including phenoxy) is 1. The van der Waals surface area contributed by atoms with Crippen molar-refractivity contribution in [3.05, 3.63) is 39.2 Å². The number of carbonyl (C=O) groups is 2. The number of benzene rings is 1. The third-order valence-electron chi connectivity index (χ3n) is 4.31. The van der Waals surface area contributed by atoms with E-state index in [4.69, 9.17) is 16.3 Å². The Morgan fingerprint density at radius 2 is 2.18 bits per heavy atom. The molecular weight excluding hydrogens is 436 g/mol. The van der Waals surface area contributed by atoms with E-state index in [-0.39, 0.29) is 17.6 Å². The second-order valence-corrected chi connectivity index (χ2v) is 10.0. The van der Waals surface area contributed by atoms with Crippen molar-refractivity contribution in [1.82, 2.24) is 4.98 Å². The number of aromatic nitrogens is 1. The first-order valence-corrected chi connectivity index (χ1v) is 11.8. The van der Waals surface area contributed by atoms with Crippen LogP contribution in [-0.4, -0.2) is 29.2 Å². The summed E-state index contributed by atoms with van der Waals surface area (Å²) in [5.74, 6) is -0.293. The van der Waals surface area contributed by atoms with Crippen molar-refractivity contribution in [3.8, 4) is 0 Å². The average molecular weight is 453 g/mol. The highest BCUT2D eigenvalue weighted by molar-refractivity contribution is 8.01. The molecule has 4 rings (SSSR count). The molecule has 0 fully saturated rings. The summed E-state index contributed by atoms with van der Waals surface area (Å²) in [7, 11) is 0. The van der Waals surface area contributed by atoms with Crippen LogP contribution in [-0.2, 0) is 22.4 Å². The van der Waals surface area contributed by atoms with Crippen LogP contribution in [0.1, 0.15) is 34.1 Å². The van der Waals surface area contributed by atoms with Crippen molar-refractivity contribution in [2.24, 2.45) is 0 Å². The van der Waals surface area contributed by atoms with E-state index in [0.29, 0.717) is 22.2 Å². The Labute approximate surface area is 179 Å². The third-order valence-corrected chi connectivity index (χ3v) is 7.93. The number of amides is 1. The number of thioether (sulfide) groups is 1. The molecule has 5 nitrogen and oxygen atoms in total. The largest absolute Gasteiger partial charge is 0.462 e. The van der Waals surface area contributed by atoms with Gasteiger partial charge in [0.1, 0.15) is 5.00 Å². The lowest BCUT2D eigenvalue weighted by atomic mass is 10.1. The van der Waals surface area contributed by atoms with E-state index in [1.807, 2.05) is 18.2 Å². The molecule has 1 aliphatic rings. The number of nitrogens with one attached hydrogen (secondary N) is 1. The molecule has 2 aromatic heterocycles. The van der Waals surface area contributed by atoms with E-state index in [2.05, 4.69) is 10.3 Å². The molecule has 0 spiro atoms. The zero-order chi connectivity index (χ0) is 19.7. The SMILES string of the molecule is CCOC(=O)c1c(NC(=O)CSc2nc3cc(Cl)ccc3s2)sc2c1CCC2. The topological polar surface area (TPSA) is 68.3 Å². The second kappa shape index (κ2) is 8.41. The van der Waals surface area contributed by atoms with Gasteiger partial charge in [-0.15, -0.1) is 22.7 Å². The van der Waals surface area contributed by atoms with Gasteiger partial charge in [-0.3, -0.25) is 4.79 Å². The second-order valence-electron chi connectivity index (χ2n) is 6.21. The van der Waals surface area contributed by atoms with Gasteiger partial charge in [0.15, 0.2) is 4.34 Å². The molecule has 0 saturated carbocycles. The number of thiophene rings is 1. The van der Waals surface area contributed by atoms with Crippen LogP contribution in [0.2, 0.25) is 5.02 Å². The molecular formula is C19H17ClN2O3S3. The van der Waals surface area contributed by atoms with Gasteiger partial charge in [-0.1, -0.05) is 23.4 Å². The fourth-order valence-electron chi connectivity index (χ4n) is 3.14. The summed E-state index contributed by atoms with van der Waals surface area (Å²) in [5, 5.41) is 4.15. The van der Waals surface area contributed by atoms with Crippen molar-refractivity contribution in [3.63, 3.8) is 0 Å². The summed E-state index contributed by atoms with van der Waals surface area (Å²) in [4.78, 5) is 30.6. The Kier molecular flexibility index (Phi) is 5.91. The first-order valence-electron chi connectivity index (χ1n) is 8.85. The molecule has 9 heteroatoms. The van der Waals surface area contributed by atoms with E-state index >= 15 is 0 Å². The Balaban J connectivity index is 1.45. The number of nitrogens with zero attached hydrogens (tertiary/aromatic N) is 1. The maximum absolute atomic E-state index is 12.5. The van der Waals surface area contributed by atoms with Crippen LogP contribution in [0, 0.1) is 0 Å². The van der Waals surface area contributed by atoms with Crippen molar-refractivity contribution in [1.29, 1.82) is 0 Å². The molecule has 0 atom stereocenters. The minimum absolute atomic E-state index is 0.159. The zero-order valence-electron chi connectivity index (χ0n) is 15.0. The smallest absolute Gasteiger partial charge is 0.341 e. The third kappa shape index (κ3) is 4.05. The van der Waals surface area contributed by atoms with E-state index in [9.17, 15) is 9.59 Å². The molecule has 3 aromatic rings. The van der Waals surface area contributed by atoms with Crippen molar-refractivity contribution >= 4 is 73.1 Å². The van der Waals surface area contributed by atoms with E-state index in [0.717, 1.165) is 39.4 Å². The lowest BCUT2D eigenvalue weighted by Crippen LogP contribution is -2.16. The minimum Gasteiger partial charge on any atom is -0.462 e. The van der Waals surface area contributed by atoms with Crippen molar-refractivity contribution in [2.75, 3.05) is 17.7 Å². The lowest BCUT2D eigenvalue weighted by molar-refractivity contribution is -0.113. The molecule has 0 radical (unpaired) electrons. The van der Waals surface area contributed by atoms with E-state index in [1.54, 1.807) is 6.92 Å². The molecule has 28 heavy (non-hydrogen) atoms. The first kappa shape index (κ1) is 19.7. The number of fused-ring (bicyclic) bond motifs is 2. The molecule has 1 aromatic carbocycles. The Morgan fingerprint density at radius 1 is 1.32 bits per heavy atom. The number of halogens is 1. The Bertz CT molecular complexity index is 1060. The van der Waals surface area contributed by atoms with Crippen LogP contribution in [0.5, 0.6) is 0 Å². The summed E-state index contributed by atoms with van der Waals surface area (Å²) in [6.45, 7) is 2.10. The molecule has 1 aliphatic carbocycles. The van der Waals surface area contributed by atoms with Crippen molar-refractivity contribution in [2.45, 2.75) is 30.5 Å². The van der Waals surface area contributed by atoms with Crippen LogP contribution >= 0.6 is 46.0 Å². The standard InChI is InChI=1S/C19H17ClN2O3S3/c1-2-25-18(24)16-11-4-3-5-13(11)27-17(16)22-15(23)9-26-19-21-12-8-10(20)6-7-14(12)28-19/h6-8H,2-5,9H2,1H3,(H,22,23). The Hall–Kier alpha value is -1.61. The summed E-state index contributed by atoms with van der Waals surface area (Å²) in [5.41, 5.74) is 2.40. The number of carbonyl (C=O) groups excluding carboxylic acids is 2. The fraction of sp³-hybridized carbons (Fsp3) is 0.316. The molecule has 1 amide bonds. The quantitative estimate of drug-likeness (QED) is 0.400. The average Bonchev–Trinajstić information content (AvgIpc) is 3.33. The normalized spacial score (nSPS) is 12.9. The molecule has 146 valence electrons. The van der Waals surface area contributed by atoms with Gasteiger partial charge in [-0.05, 0) is 49.9 Å². The number of thiazole rings is 1. The van der Waals surface area contributed by atoms with Gasteiger partial charge in [0.2, 0.25) is 5.91 Å². The number of aryl methyl sites for hydroxylation is 1. The van der Waals surface area contributed by atoms with Gasteiger partial charge in [0, 0.05) is 9.90 Å². The minimum atomic E-state index is -0.354. The summed E-state index contributed by atoms with van der Waals surface area (Å²) >= 11 is 10.4. The molecule has 0 bridgehead atoms. The van der Waals surface area contributed by atoms with Crippen LogP contribution in [0.4, 0.5) is 5.00 Å². The predicted molar refractivity (Wildman–Crippen MR) is 116 cm³/mol. The Morgan fingerprint density at radius 3 is 3.00 bits per heavy atom. The highest BCUT2D eigenvalue weighted by Gasteiger charge is 2.28. The maximum Gasteiger partial charge on any atom is 0.341 e. The van der Waals surface area contributed by atoms with Crippen molar-refractivity contribution < 1.29 is 14.3 Å². The van der Waals surface area contributed by atoms with Crippen LogP contribution in [0.15, 0.2) is 22.5 Å². The van der Waals surface area contributed by atoms with Gasteiger partial charge >= 0.3 is 5.97 Å². The van der Waals surface area contributed by atoms with E-state index in [1.165, 1.54) is 39.3 Å². The number of hydrogen-bond acceptors (Lipinski definition) is 7. The fourth-order valence-corrected chi connectivity index (χ4v) is 6.45. The molecule has 0 aliphatic heterocycles. The van der Waals surface area contributed by atoms with Gasteiger partial charge in [0.25, 0.3) is 0 Å². The number of hydrogen-bond donors (Lipinski definition) is 1. The highest BCUT2D eigenvalue weighted by atomic mass is 35.5. The van der Waals surface area contributed by atoms with Gasteiger partial charge in [-0.25, -0.2) is 9.78 Å². The highest BCUT2D eigenvalue weighted by Crippen LogP contribution is 2.39. The zero-order valence-corrected chi connectivity index (χ0v) is 18.2.